The van der Waals surface area contributed by atoms with Crippen LogP contribution in [0.15, 0.2) is 54.3 Å². The molecule has 0 fully saturated rings. The minimum atomic E-state index is -0.448. The molecule has 0 aliphatic carbocycles. The van der Waals surface area contributed by atoms with E-state index in [9.17, 15) is 14.4 Å². The third kappa shape index (κ3) is 3.63. The Morgan fingerprint density at radius 2 is 1.19 bits per heavy atom. The van der Waals surface area contributed by atoms with Gasteiger partial charge in [-0.2, -0.15) is 0 Å². The van der Waals surface area contributed by atoms with Crippen molar-refractivity contribution >= 4 is 87.1 Å². The topological polar surface area (TPSA) is 71.4 Å². The Morgan fingerprint density at radius 3 is 1.65 bits per heavy atom. The van der Waals surface area contributed by atoms with E-state index in [1.54, 1.807) is 28.9 Å². The van der Waals surface area contributed by atoms with Gasteiger partial charge < -0.3 is 0 Å². The van der Waals surface area contributed by atoms with E-state index in [0.717, 1.165) is 16.3 Å². The standard InChI is InChI=1S/C21H13Br4N3O3/c1-9-3-4-10(2)28(9)26-19(29)11-5-7-12(8-6-11)27-20(30)13-14(21(27)31)16(23)18(25)17(24)15(13)22/h3-8H,1-2H3,(H,26,29). The van der Waals surface area contributed by atoms with Crippen LogP contribution in [0, 0.1) is 13.8 Å². The van der Waals surface area contributed by atoms with E-state index in [4.69, 9.17) is 0 Å². The fourth-order valence-electron chi connectivity index (χ4n) is 3.36. The fourth-order valence-corrected chi connectivity index (χ4v) is 5.81. The smallest absolute Gasteiger partial charge is 0.268 e. The molecule has 6 nitrogen and oxygen atoms in total. The molecule has 158 valence electrons. The summed E-state index contributed by atoms with van der Waals surface area (Å²) in [5.74, 6) is -1.19. The zero-order chi connectivity index (χ0) is 22.6. The molecule has 2 heterocycles. The molecule has 1 aliphatic heterocycles. The molecule has 0 atom stereocenters. The van der Waals surface area contributed by atoms with Crippen molar-refractivity contribution in [3.63, 3.8) is 0 Å². The highest BCUT2D eigenvalue weighted by Gasteiger charge is 2.41. The number of carbonyl (C=O) groups excluding carboxylic acids is 3. The predicted molar refractivity (Wildman–Crippen MR) is 132 cm³/mol. The Bertz CT molecular complexity index is 1220. The lowest BCUT2D eigenvalue weighted by Crippen LogP contribution is -2.29. The largest absolute Gasteiger partial charge is 0.270 e. The molecule has 1 aliphatic rings. The van der Waals surface area contributed by atoms with Gasteiger partial charge in [-0.1, -0.05) is 0 Å². The Labute approximate surface area is 211 Å². The maximum absolute atomic E-state index is 13.1. The predicted octanol–water partition coefficient (Wildman–Crippen LogP) is 6.34. The number of carbonyl (C=O) groups is 3. The molecule has 2 aromatic carbocycles. The normalized spacial score (nSPS) is 13.0. The van der Waals surface area contributed by atoms with E-state index in [-0.39, 0.29) is 17.0 Å². The molecular formula is C21H13Br4N3O3. The third-order valence-corrected chi connectivity index (χ3v) is 9.74. The zero-order valence-electron chi connectivity index (χ0n) is 16.1. The number of anilines is 1. The van der Waals surface area contributed by atoms with Gasteiger partial charge in [0.25, 0.3) is 17.7 Å². The van der Waals surface area contributed by atoms with Gasteiger partial charge in [0.2, 0.25) is 0 Å². The molecule has 0 saturated carbocycles. The number of aromatic nitrogens is 1. The number of fused-ring (bicyclic) bond motifs is 1. The first-order valence-electron chi connectivity index (χ1n) is 8.94. The summed E-state index contributed by atoms with van der Waals surface area (Å²) in [4.78, 5) is 39.9. The molecule has 10 heteroatoms. The van der Waals surface area contributed by atoms with Crippen molar-refractivity contribution in [1.29, 1.82) is 0 Å². The van der Waals surface area contributed by atoms with Crippen LogP contribution in [-0.2, 0) is 0 Å². The highest BCUT2D eigenvalue weighted by Crippen LogP contribution is 2.46. The summed E-state index contributed by atoms with van der Waals surface area (Å²) in [6.07, 6.45) is 0. The SMILES string of the molecule is Cc1ccc(C)n1NC(=O)c1ccc(N2C(=O)c3c(Br)c(Br)c(Br)c(Br)c3C2=O)cc1. The van der Waals surface area contributed by atoms with Gasteiger partial charge >= 0.3 is 0 Å². The number of hydrogen-bond donors (Lipinski definition) is 1. The van der Waals surface area contributed by atoms with Gasteiger partial charge in [-0.25, -0.2) is 4.90 Å². The zero-order valence-corrected chi connectivity index (χ0v) is 22.4. The van der Waals surface area contributed by atoms with Crippen LogP contribution < -0.4 is 10.3 Å². The van der Waals surface area contributed by atoms with Gasteiger partial charge in [0.05, 0.1) is 16.8 Å². The van der Waals surface area contributed by atoms with Gasteiger partial charge in [-0.05, 0) is 114 Å². The van der Waals surface area contributed by atoms with Crippen molar-refractivity contribution in [2.45, 2.75) is 13.8 Å². The Morgan fingerprint density at radius 1 is 0.742 bits per heavy atom. The molecule has 1 N–H and O–H groups in total. The Kier molecular flexibility index (Phi) is 6.01. The van der Waals surface area contributed by atoms with Crippen LogP contribution in [0.5, 0.6) is 0 Å². The van der Waals surface area contributed by atoms with Crippen molar-refractivity contribution < 1.29 is 14.4 Å². The molecule has 3 amide bonds. The number of nitrogens with zero attached hydrogens (tertiary/aromatic N) is 2. The monoisotopic (exact) mass is 671 g/mol. The van der Waals surface area contributed by atoms with Gasteiger partial charge in [0, 0.05) is 34.8 Å². The van der Waals surface area contributed by atoms with Gasteiger partial charge in [0.1, 0.15) is 0 Å². The van der Waals surface area contributed by atoms with E-state index in [2.05, 4.69) is 69.1 Å². The molecular weight excluding hydrogens is 662 g/mol. The van der Waals surface area contributed by atoms with Gasteiger partial charge in [-0.15, -0.1) is 0 Å². The molecule has 0 unspecified atom stereocenters. The molecule has 3 aromatic rings. The second kappa shape index (κ2) is 8.31. The number of hydrogen-bond acceptors (Lipinski definition) is 3. The summed E-state index contributed by atoms with van der Waals surface area (Å²) >= 11 is 13.6. The number of aryl methyl sites for hydroxylation is 2. The van der Waals surface area contributed by atoms with Crippen LogP contribution in [0.3, 0.4) is 0 Å². The highest BCUT2D eigenvalue weighted by molar-refractivity contribution is 9.15. The fraction of sp³-hybridized carbons (Fsp3) is 0.0952. The lowest BCUT2D eigenvalue weighted by molar-refractivity contribution is 0.0924. The summed E-state index contributed by atoms with van der Waals surface area (Å²) in [5, 5.41) is 0. The molecule has 1 aromatic heterocycles. The molecule has 0 bridgehead atoms. The first-order chi connectivity index (χ1) is 14.6. The van der Waals surface area contributed by atoms with Crippen LogP contribution in [0.25, 0.3) is 0 Å². The first-order valence-corrected chi connectivity index (χ1v) is 12.1. The number of amides is 3. The minimum Gasteiger partial charge on any atom is -0.268 e. The second-order valence-corrected chi connectivity index (χ2v) is 10.1. The van der Waals surface area contributed by atoms with Gasteiger partial charge in [-0.3, -0.25) is 24.5 Å². The Balaban J connectivity index is 1.65. The maximum Gasteiger partial charge on any atom is 0.270 e. The average Bonchev–Trinajstić information content (AvgIpc) is 3.20. The van der Waals surface area contributed by atoms with E-state index in [1.807, 2.05) is 26.0 Å². The van der Waals surface area contributed by atoms with Crippen LogP contribution in [-0.4, -0.2) is 22.4 Å². The number of rotatable bonds is 3. The molecule has 0 saturated heterocycles. The first kappa shape index (κ1) is 22.4. The lowest BCUT2D eigenvalue weighted by atomic mass is 10.1. The van der Waals surface area contributed by atoms with Crippen LogP contribution in [0.4, 0.5) is 5.69 Å². The van der Waals surface area contributed by atoms with Crippen molar-refractivity contribution in [3.05, 3.63) is 82.4 Å². The van der Waals surface area contributed by atoms with Crippen LogP contribution in [0.1, 0.15) is 42.5 Å². The summed E-state index contributed by atoms with van der Waals surface area (Å²) in [7, 11) is 0. The number of imide groups is 1. The number of benzene rings is 2. The number of nitrogens with one attached hydrogen (secondary N) is 1. The minimum absolute atomic E-state index is 0.271. The Hall–Kier alpha value is -1.75. The highest BCUT2D eigenvalue weighted by atomic mass is 79.9. The third-order valence-electron chi connectivity index (χ3n) is 4.97. The summed E-state index contributed by atoms with van der Waals surface area (Å²) in [6, 6.07) is 10.1. The van der Waals surface area contributed by atoms with Crippen LogP contribution >= 0.6 is 63.7 Å². The lowest BCUT2D eigenvalue weighted by Gasteiger charge is -2.15. The van der Waals surface area contributed by atoms with Crippen LogP contribution in [0.2, 0.25) is 0 Å². The summed E-state index contributed by atoms with van der Waals surface area (Å²) in [6.45, 7) is 3.79. The quantitative estimate of drug-likeness (QED) is 0.200. The van der Waals surface area contributed by atoms with Gasteiger partial charge in [0.15, 0.2) is 0 Å². The summed E-state index contributed by atoms with van der Waals surface area (Å²) in [5.41, 5.74) is 5.96. The van der Waals surface area contributed by atoms with E-state index in [0.29, 0.717) is 29.1 Å². The summed E-state index contributed by atoms with van der Waals surface area (Å²) < 4.78 is 3.94. The van der Waals surface area contributed by atoms with E-state index < -0.39 is 11.8 Å². The molecule has 4 rings (SSSR count). The average molecular weight is 675 g/mol. The van der Waals surface area contributed by atoms with E-state index >= 15 is 0 Å². The second-order valence-electron chi connectivity index (χ2n) is 6.89. The molecule has 0 radical (unpaired) electrons. The number of halogens is 4. The van der Waals surface area contributed by atoms with Crippen molar-refractivity contribution in [3.8, 4) is 0 Å². The van der Waals surface area contributed by atoms with Crippen molar-refractivity contribution in [1.82, 2.24) is 4.68 Å². The van der Waals surface area contributed by atoms with Crippen molar-refractivity contribution in [2.24, 2.45) is 0 Å². The maximum atomic E-state index is 13.1. The van der Waals surface area contributed by atoms with Crippen molar-refractivity contribution in [2.75, 3.05) is 10.3 Å². The molecule has 0 spiro atoms. The molecule has 31 heavy (non-hydrogen) atoms. The van der Waals surface area contributed by atoms with E-state index in [1.165, 1.54) is 0 Å².